The van der Waals surface area contributed by atoms with Gasteiger partial charge in [-0.15, -0.1) is 0 Å². The van der Waals surface area contributed by atoms with Crippen molar-refractivity contribution >= 4 is 11.8 Å². The van der Waals surface area contributed by atoms with Gasteiger partial charge >= 0.3 is 6.18 Å². The molecule has 2 amide bonds. The molecule has 2 aromatic heterocycles. The van der Waals surface area contributed by atoms with Crippen molar-refractivity contribution in [3.63, 3.8) is 0 Å². The fourth-order valence-electron chi connectivity index (χ4n) is 2.88. The molecule has 140 valence electrons. The van der Waals surface area contributed by atoms with Crippen molar-refractivity contribution in [3.05, 3.63) is 77.4 Å². The van der Waals surface area contributed by atoms with Crippen LogP contribution in [0.15, 0.2) is 55.0 Å². The lowest BCUT2D eigenvalue weighted by Crippen LogP contribution is -2.29. The number of hydrogen-bond donors (Lipinski definition) is 0. The average molecular weight is 384 g/mol. The van der Waals surface area contributed by atoms with Gasteiger partial charge in [-0.05, 0) is 30.3 Å². The Labute approximate surface area is 156 Å². The van der Waals surface area contributed by atoms with Crippen LogP contribution < -0.4 is 0 Å². The number of amides is 2. The van der Waals surface area contributed by atoms with E-state index >= 15 is 0 Å². The Balaban J connectivity index is 1.59. The summed E-state index contributed by atoms with van der Waals surface area (Å²) in [5, 5.41) is 0. The average Bonchev–Trinajstić information content (AvgIpc) is 2.93. The highest BCUT2D eigenvalue weighted by molar-refractivity contribution is 6.21. The number of carbonyl (C=O) groups is 2. The number of rotatable bonds is 3. The Hall–Kier alpha value is -3.62. The monoisotopic (exact) mass is 384 g/mol. The van der Waals surface area contributed by atoms with Gasteiger partial charge in [-0.1, -0.05) is 12.1 Å². The van der Waals surface area contributed by atoms with E-state index in [4.69, 9.17) is 0 Å². The number of fused-ring (bicyclic) bond motifs is 1. The second-order valence-corrected chi connectivity index (χ2v) is 6.07. The number of aromatic nitrogens is 3. The molecule has 0 radical (unpaired) electrons. The van der Waals surface area contributed by atoms with E-state index in [1.807, 2.05) is 0 Å². The quantitative estimate of drug-likeness (QED) is 0.648. The zero-order chi connectivity index (χ0) is 19.9. The molecule has 0 aliphatic carbocycles. The number of hydrogen-bond acceptors (Lipinski definition) is 5. The standard InChI is InChI=1S/C19H11F3N4O2/c20-19(21,22)11-5-6-15(23-8-11)16-7-12(24-10-25-16)9-26-17(27)13-3-1-2-4-14(13)18(26)28/h1-8,10H,9H2. The molecule has 1 aromatic carbocycles. The van der Waals surface area contributed by atoms with Crippen LogP contribution in [0.2, 0.25) is 0 Å². The third-order valence-electron chi connectivity index (χ3n) is 4.28. The van der Waals surface area contributed by atoms with Crippen LogP contribution in [0.4, 0.5) is 13.2 Å². The summed E-state index contributed by atoms with van der Waals surface area (Å²) < 4.78 is 38.0. The van der Waals surface area contributed by atoms with E-state index in [-0.39, 0.29) is 17.9 Å². The van der Waals surface area contributed by atoms with Crippen LogP contribution in [0.5, 0.6) is 0 Å². The van der Waals surface area contributed by atoms with Gasteiger partial charge in [0.2, 0.25) is 0 Å². The fourth-order valence-corrected chi connectivity index (χ4v) is 2.88. The molecular weight excluding hydrogens is 373 g/mol. The van der Waals surface area contributed by atoms with Gasteiger partial charge in [-0.2, -0.15) is 13.2 Å². The lowest BCUT2D eigenvalue weighted by atomic mass is 10.1. The number of carbonyl (C=O) groups excluding carboxylic acids is 2. The van der Waals surface area contributed by atoms with Crippen molar-refractivity contribution in [3.8, 4) is 11.4 Å². The van der Waals surface area contributed by atoms with E-state index in [0.29, 0.717) is 16.8 Å². The summed E-state index contributed by atoms with van der Waals surface area (Å²) >= 11 is 0. The van der Waals surface area contributed by atoms with Crippen molar-refractivity contribution in [2.45, 2.75) is 12.7 Å². The van der Waals surface area contributed by atoms with Crippen molar-refractivity contribution in [2.24, 2.45) is 0 Å². The van der Waals surface area contributed by atoms with E-state index in [1.165, 1.54) is 18.5 Å². The second-order valence-electron chi connectivity index (χ2n) is 6.07. The zero-order valence-electron chi connectivity index (χ0n) is 14.1. The largest absolute Gasteiger partial charge is 0.417 e. The molecule has 0 atom stereocenters. The fraction of sp³-hybridized carbons (Fsp3) is 0.105. The van der Waals surface area contributed by atoms with Gasteiger partial charge in [0.05, 0.1) is 40.3 Å². The first-order valence-corrected chi connectivity index (χ1v) is 8.14. The van der Waals surface area contributed by atoms with Crippen molar-refractivity contribution in [1.29, 1.82) is 0 Å². The summed E-state index contributed by atoms with van der Waals surface area (Å²) in [5.41, 5.74) is 0.657. The topological polar surface area (TPSA) is 76.1 Å². The summed E-state index contributed by atoms with van der Waals surface area (Å²) in [7, 11) is 0. The maximum atomic E-state index is 12.7. The summed E-state index contributed by atoms with van der Waals surface area (Å²) in [6, 6.07) is 10.1. The smallest absolute Gasteiger partial charge is 0.269 e. The van der Waals surface area contributed by atoms with Gasteiger partial charge in [0.25, 0.3) is 11.8 Å². The molecule has 6 nitrogen and oxygen atoms in total. The Morgan fingerprint density at radius 2 is 1.54 bits per heavy atom. The molecule has 0 N–H and O–H groups in total. The van der Waals surface area contributed by atoms with Crippen molar-refractivity contribution in [2.75, 3.05) is 0 Å². The van der Waals surface area contributed by atoms with Crippen molar-refractivity contribution < 1.29 is 22.8 Å². The third-order valence-corrected chi connectivity index (χ3v) is 4.28. The minimum absolute atomic E-state index is 0.0809. The van der Waals surface area contributed by atoms with Gasteiger partial charge in [0, 0.05) is 6.20 Å². The van der Waals surface area contributed by atoms with Crippen LogP contribution in [-0.2, 0) is 12.7 Å². The summed E-state index contributed by atoms with van der Waals surface area (Å²) in [5.74, 6) is -0.846. The predicted molar refractivity (Wildman–Crippen MR) is 90.9 cm³/mol. The van der Waals surface area contributed by atoms with E-state index in [1.54, 1.807) is 24.3 Å². The lowest BCUT2D eigenvalue weighted by molar-refractivity contribution is -0.137. The molecule has 3 aromatic rings. The Kier molecular flexibility index (Phi) is 4.14. The van der Waals surface area contributed by atoms with Crippen LogP contribution in [0, 0.1) is 0 Å². The SMILES string of the molecule is O=C1c2ccccc2C(=O)N1Cc1cc(-c2ccc(C(F)(F)F)cn2)ncn1. The Bertz CT molecular complexity index is 1050. The third kappa shape index (κ3) is 3.11. The zero-order valence-corrected chi connectivity index (χ0v) is 14.1. The molecule has 0 saturated carbocycles. The van der Waals surface area contributed by atoms with E-state index in [0.717, 1.165) is 17.2 Å². The molecular formula is C19H11F3N4O2. The molecule has 0 fully saturated rings. The van der Waals surface area contributed by atoms with E-state index in [2.05, 4.69) is 15.0 Å². The van der Waals surface area contributed by atoms with E-state index < -0.39 is 23.6 Å². The van der Waals surface area contributed by atoms with Crippen LogP contribution in [-0.4, -0.2) is 31.7 Å². The maximum absolute atomic E-state index is 12.7. The first-order chi connectivity index (χ1) is 13.3. The molecule has 1 aliphatic heterocycles. The summed E-state index contributed by atoms with van der Waals surface area (Å²) in [6.45, 7) is -0.0809. The second kappa shape index (κ2) is 6.52. The molecule has 28 heavy (non-hydrogen) atoms. The molecule has 0 spiro atoms. The van der Waals surface area contributed by atoms with Crippen LogP contribution in [0.25, 0.3) is 11.4 Å². The highest BCUT2D eigenvalue weighted by atomic mass is 19.4. The van der Waals surface area contributed by atoms with Gasteiger partial charge < -0.3 is 0 Å². The predicted octanol–water partition coefficient (Wildman–Crippen LogP) is 3.35. The van der Waals surface area contributed by atoms with Crippen LogP contribution >= 0.6 is 0 Å². The number of pyridine rings is 1. The van der Waals surface area contributed by atoms with Crippen molar-refractivity contribution in [1.82, 2.24) is 19.9 Å². The number of imide groups is 1. The first-order valence-electron chi connectivity index (χ1n) is 8.14. The van der Waals surface area contributed by atoms with Crippen LogP contribution in [0.1, 0.15) is 32.0 Å². The van der Waals surface area contributed by atoms with E-state index in [9.17, 15) is 22.8 Å². The molecule has 9 heteroatoms. The molecule has 3 heterocycles. The molecule has 0 unspecified atom stereocenters. The minimum Gasteiger partial charge on any atom is -0.269 e. The number of nitrogens with zero attached hydrogens (tertiary/aromatic N) is 4. The molecule has 1 aliphatic rings. The normalized spacial score (nSPS) is 13.8. The maximum Gasteiger partial charge on any atom is 0.417 e. The molecule has 0 saturated heterocycles. The first kappa shape index (κ1) is 17.8. The highest BCUT2D eigenvalue weighted by Gasteiger charge is 2.35. The molecule has 4 rings (SSSR count). The summed E-state index contributed by atoms with van der Waals surface area (Å²) in [4.78, 5) is 37.8. The molecule has 0 bridgehead atoms. The minimum atomic E-state index is -4.48. The Morgan fingerprint density at radius 1 is 0.857 bits per heavy atom. The van der Waals surface area contributed by atoms with Gasteiger partial charge in [-0.3, -0.25) is 19.5 Å². The lowest BCUT2D eigenvalue weighted by Gasteiger charge is -2.13. The van der Waals surface area contributed by atoms with Crippen LogP contribution in [0.3, 0.4) is 0 Å². The van der Waals surface area contributed by atoms with Gasteiger partial charge in [-0.25, -0.2) is 9.97 Å². The highest BCUT2D eigenvalue weighted by Crippen LogP contribution is 2.29. The number of alkyl halides is 3. The van der Waals surface area contributed by atoms with Gasteiger partial charge in [0.15, 0.2) is 0 Å². The number of benzene rings is 1. The number of halogens is 3. The Morgan fingerprint density at radius 3 is 2.11 bits per heavy atom. The van der Waals surface area contributed by atoms with Gasteiger partial charge in [0.1, 0.15) is 6.33 Å². The summed E-state index contributed by atoms with van der Waals surface area (Å²) in [6.07, 6.45) is -2.54.